The van der Waals surface area contributed by atoms with Crippen molar-refractivity contribution >= 4 is 0 Å². The first-order valence-corrected chi connectivity index (χ1v) is 7.42. The Labute approximate surface area is 124 Å². The van der Waals surface area contributed by atoms with Crippen molar-refractivity contribution in [3.63, 3.8) is 0 Å². The normalized spacial score (nSPS) is 17.7. The van der Waals surface area contributed by atoms with Crippen LogP contribution in [0.25, 0.3) is 11.5 Å². The third-order valence-corrected chi connectivity index (χ3v) is 3.85. The quantitative estimate of drug-likeness (QED) is 0.915. The van der Waals surface area contributed by atoms with Crippen LogP contribution in [0.15, 0.2) is 28.8 Å². The van der Waals surface area contributed by atoms with E-state index in [-0.39, 0.29) is 0 Å². The molecule has 1 aromatic carbocycles. The summed E-state index contributed by atoms with van der Waals surface area (Å²) in [7, 11) is 0. The van der Waals surface area contributed by atoms with Gasteiger partial charge in [0.25, 0.3) is 5.89 Å². The van der Waals surface area contributed by atoms with E-state index in [1.807, 2.05) is 31.2 Å². The lowest BCUT2D eigenvalue weighted by molar-refractivity contribution is -0.107. The summed E-state index contributed by atoms with van der Waals surface area (Å²) >= 11 is 0. The lowest BCUT2D eigenvalue weighted by Gasteiger charge is -2.46. The van der Waals surface area contributed by atoms with E-state index >= 15 is 0 Å². The topological polar surface area (TPSA) is 62.4 Å². The van der Waals surface area contributed by atoms with E-state index in [1.54, 1.807) is 0 Å². The van der Waals surface area contributed by atoms with Crippen molar-refractivity contribution in [1.82, 2.24) is 15.0 Å². The van der Waals surface area contributed by atoms with Crippen molar-refractivity contribution in [3.05, 3.63) is 35.7 Å². The zero-order valence-corrected chi connectivity index (χ0v) is 12.5. The van der Waals surface area contributed by atoms with Crippen LogP contribution in [0.4, 0.5) is 0 Å². The third-order valence-electron chi connectivity index (χ3n) is 3.85. The highest BCUT2D eigenvalue weighted by atomic mass is 16.5. The van der Waals surface area contributed by atoms with Gasteiger partial charge in [0.2, 0.25) is 0 Å². The molecule has 2 heterocycles. The Morgan fingerprint density at radius 2 is 2.19 bits per heavy atom. The van der Waals surface area contributed by atoms with Gasteiger partial charge in [-0.05, 0) is 25.5 Å². The average molecular weight is 287 g/mol. The first kappa shape index (κ1) is 14.2. The number of nitrogens with zero attached hydrogens (tertiary/aromatic N) is 3. The number of β-amino-alcohol motifs (C(OH)–C–C–N with tert-alkyl or cyclic N) is 1. The fourth-order valence-electron chi connectivity index (χ4n) is 2.93. The maximum Gasteiger partial charge on any atom is 0.257 e. The van der Waals surface area contributed by atoms with Crippen molar-refractivity contribution in [1.29, 1.82) is 0 Å². The van der Waals surface area contributed by atoms with E-state index < -0.39 is 5.60 Å². The second kappa shape index (κ2) is 5.58. The number of likely N-dealkylation sites (tertiary alicyclic amines) is 1. The fraction of sp³-hybridized carbons (Fsp3) is 0.500. The van der Waals surface area contributed by atoms with E-state index in [2.05, 4.69) is 22.0 Å². The van der Waals surface area contributed by atoms with Crippen LogP contribution in [0, 0.1) is 6.92 Å². The summed E-state index contributed by atoms with van der Waals surface area (Å²) in [6.07, 6.45) is 1.86. The van der Waals surface area contributed by atoms with Crippen LogP contribution in [0.2, 0.25) is 0 Å². The van der Waals surface area contributed by atoms with Gasteiger partial charge in [-0.3, -0.25) is 4.90 Å². The van der Waals surface area contributed by atoms with Crippen molar-refractivity contribution in [2.45, 2.75) is 38.8 Å². The van der Waals surface area contributed by atoms with Crippen LogP contribution >= 0.6 is 0 Å². The maximum atomic E-state index is 10.2. The fourth-order valence-corrected chi connectivity index (χ4v) is 2.93. The maximum absolute atomic E-state index is 10.2. The number of benzene rings is 1. The lowest BCUT2D eigenvalue weighted by Crippen LogP contribution is -2.61. The molecule has 5 heteroatoms. The molecule has 0 atom stereocenters. The minimum absolute atomic E-state index is 0.516. The summed E-state index contributed by atoms with van der Waals surface area (Å²) in [5.74, 6) is 1.23. The molecule has 5 nitrogen and oxygen atoms in total. The minimum atomic E-state index is -0.516. The molecule has 21 heavy (non-hydrogen) atoms. The van der Waals surface area contributed by atoms with E-state index in [9.17, 15) is 5.11 Å². The van der Waals surface area contributed by atoms with Gasteiger partial charge in [-0.25, -0.2) is 0 Å². The Morgan fingerprint density at radius 1 is 1.38 bits per heavy atom. The third kappa shape index (κ3) is 3.14. The molecule has 1 saturated heterocycles. The molecule has 2 aromatic rings. The summed E-state index contributed by atoms with van der Waals surface area (Å²) in [6.45, 7) is 6.13. The summed E-state index contributed by atoms with van der Waals surface area (Å²) < 4.78 is 5.32. The van der Waals surface area contributed by atoms with Gasteiger partial charge in [-0.1, -0.05) is 36.2 Å². The lowest BCUT2D eigenvalue weighted by atomic mass is 9.89. The Morgan fingerprint density at radius 3 is 2.90 bits per heavy atom. The molecule has 0 saturated carbocycles. The van der Waals surface area contributed by atoms with Crippen LogP contribution < -0.4 is 0 Å². The highest BCUT2D eigenvalue weighted by Crippen LogP contribution is 2.27. The largest absolute Gasteiger partial charge is 0.387 e. The second-order valence-corrected chi connectivity index (χ2v) is 6.00. The number of hydrogen-bond donors (Lipinski definition) is 1. The Bertz CT molecular complexity index is 617. The number of hydrogen-bond acceptors (Lipinski definition) is 5. The molecule has 1 aromatic heterocycles. The van der Waals surface area contributed by atoms with E-state index in [0.29, 0.717) is 31.3 Å². The average Bonchev–Trinajstić information content (AvgIpc) is 2.86. The molecule has 1 fully saturated rings. The molecular formula is C16H21N3O2. The molecule has 3 rings (SSSR count). The van der Waals surface area contributed by atoms with Gasteiger partial charge in [0.15, 0.2) is 5.82 Å². The van der Waals surface area contributed by atoms with Gasteiger partial charge >= 0.3 is 0 Å². The van der Waals surface area contributed by atoms with Crippen LogP contribution in [0.5, 0.6) is 0 Å². The monoisotopic (exact) mass is 287 g/mol. The predicted molar refractivity (Wildman–Crippen MR) is 79.6 cm³/mol. The van der Waals surface area contributed by atoms with Gasteiger partial charge in [-0.2, -0.15) is 4.98 Å². The molecular weight excluding hydrogens is 266 g/mol. The van der Waals surface area contributed by atoms with Crippen LogP contribution in [0.1, 0.15) is 31.2 Å². The van der Waals surface area contributed by atoms with Gasteiger partial charge in [0.05, 0.1) is 12.1 Å². The van der Waals surface area contributed by atoms with E-state index in [1.165, 1.54) is 5.56 Å². The summed E-state index contributed by atoms with van der Waals surface area (Å²) in [5, 5.41) is 14.2. The van der Waals surface area contributed by atoms with Gasteiger partial charge < -0.3 is 9.63 Å². The number of aryl methyl sites for hydroxylation is 1. The molecule has 0 aliphatic carbocycles. The van der Waals surface area contributed by atoms with Crippen LogP contribution in [-0.2, 0) is 6.54 Å². The smallest absolute Gasteiger partial charge is 0.257 e. The highest BCUT2D eigenvalue weighted by molar-refractivity contribution is 5.53. The highest BCUT2D eigenvalue weighted by Gasteiger charge is 2.40. The molecule has 0 bridgehead atoms. The molecule has 0 amide bonds. The van der Waals surface area contributed by atoms with Crippen LogP contribution in [-0.4, -0.2) is 38.8 Å². The molecule has 0 spiro atoms. The first-order chi connectivity index (χ1) is 10.1. The van der Waals surface area contributed by atoms with Gasteiger partial charge in [0.1, 0.15) is 0 Å². The zero-order valence-electron chi connectivity index (χ0n) is 12.5. The van der Waals surface area contributed by atoms with E-state index in [0.717, 1.165) is 18.4 Å². The second-order valence-electron chi connectivity index (χ2n) is 6.00. The van der Waals surface area contributed by atoms with Gasteiger partial charge in [0, 0.05) is 18.7 Å². The van der Waals surface area contributed by atoms with Gasteiger partial charge in [-0.15, -0.1) is 0 Å². The zero-order chi connectivity index (χ0) is 14.9. The Hall–Kier alpha value is -1.72. The van der Waals surface area contributed by atoms with Crippen molar-refractivity contribution in [2.75, 3.05) is 13.1 Å². The number of aliphatic hydroxyl groups is 1. The summed E-state index contributed by atoms with van der Waals surface area (Å²) in [5.41, 5.74) is 1.59. The SMILES string of the molecule is CCCC1(O)CN(Cc2noc(-c3cccc(C)c3)n2)C1. The molecule has 0 unspecified atom stereocenters. The van der Waals surface area contributed by atoms with Crippen molar-refractivity contribution in [3.8, 4) is 11.5 Å². The number of rotatable bonds is 5. The minimum Gasteiger partial charge on any atom is -0.387 e. The Balaban J connectivity index is 1.62. The summed E-state index contributed by atoms with van der Waals surface area (Å²) in [4.78, 5) is 6.58. The molecule has 112 valence electrons. The van der Waals surface area contributed by atoms with Crippen LogP contribution in [0.3, 0.4) is 0 Å². The van der Waals surface area contributed by atoms with Crippen molar-refractivity contribution < 1.29 is 9.63 Å². The molecule has 1 N–H and O–H groups in total. The van der Waals surface area contributed by atoms with E-state index in [4.69, 9.17) is 4.52 Å². The molecule has 1 aliphatic heterocycles. The Kier molecular flexibility index (Phi) is 3.78. The first-order valence-electron chi connectivity index (χ1n) is 7.42. The molecule has 0 radical (unpaired) electrons. The predicted octanol–water partition coefficient (Wildman–Crippen LogP) is 2.39. The molecule has 1 aliphatic rings. The summed E-state index contributed by atoms with van der Waals surface area (Å²) in [6, 6.07) is 8.01. The van der Waals surface area contributed by atoms with Crippen molar-refractivity contribution in [2.24, 2.45) is 0 Å². The standard InChI is InChI=1S/C16H21N3O2/c1-3-7-16(20)10-19(11-16)9-14-17-15(21-18-14)13-6-4-5-12(2)8-13/h4-6,8,20H,3,7,9-11H2,1-2H3. The number of aromatic nitrogens is 2.